The first-order chi connectivity index (χ1) is 18.0. The van der Waals surface area contributed by atoms with Gasteiger partial charge >= 0.3 is 11.9 Å². The first-order valence-electron chi connectivity index (χ1n) is 11.0. The molecule has 38 heavy (non-hydrogen) atoms. The summed E-state index contributed by atoms with van der Waals surface area (Å²) in [5, 5.41) is 0. The number of carbonyl (C=O) groups is 2. The molecule has 6 nitrogen and oxygen atoms in total. The summed E-state index contributed by atoms with van der Waals surface area (Å²) in [5.41, 5.74) is 1.39. The molecular weight excluding hydrogens is 792 g/mol. The third-order valence-corrected chi connectivity index (χ3v) is 8.87. The SMILES string of the molecule is C=CC(=O)OC(COc1c(Br)cc(-c2cc(Br)c(OC(SC)C(C)OC(=O)C=C)c(Br)c2)cc1Br)CSC. The van der Waals surface area contributed by atoms with Crippen LogP contribution in [-0.2, 0) is 19.1 Å². The summed E-state index contributed by atoms with van der Waals surface area (Å²) in [4.78, 5) is 23.2. The Morgan fingerprint density at radius 3 is 1.79 bits per heavy atom. The van der Waals surface area contributed by atoms with Crippen LogP contribution in [0.15, 0.2) is 67.5 Å². The molecule has 0 amide bonds. The summed E-state index contributed by atoms with van der Waals surface area (Å²) in [6, 6.07) is 7.76. The molecule has 0 spiro atoms. The molecule has 0 aliphatic carbocycles. The largest absolute Gasteiger partial charge is 0.487 e. The lowest BCUT2D eigenvalue weighted by atomic mass is 10.1. The highest BCUT2D eigenvalue weighted by molar-refractivity contribution is 9.11. The van der Waals surface area contributed by atoms with Crippen molar-refractivity contribution in [2.75, 3.05) is 24.9 Å². The first-order valence-corrected chi connectivity index (χ1v) is 16.9. The Bertz CT molecular complexity index is 1130. The van der Waals surface area contributed by atoms with E-state index in [4.69, 9.17) is 18.9 Å². The molecule has 0 saturated heterocycles. The van der Waals surface area contributed by atoms with Gasteiger partial charge in [0, 0.05) is 17.9 Å². The van der Waals surface area contributed by atoms with E-state index in [9.17, 15) is 9.59 Å². The fraction of sp³-hybridized carbons (Fsp3) is 0.308. The van der Waals surface area contributed by atoms with E-state index in [1.165, 1.54) is 11.8 Å². The second-order valence-electron chi connectivity index (χ2n) is 7.64. The molecule has 206 valence electrons. The Hall–Kier alpha value is -0.920. The van der Waals surface area contributed by atoms with Crippen molar-refractivity contribution in [1.29, 1.82) is 0 Å². The molecule has 3 unspecified atom stereocenters. The number of hydrogen-bond donors (Lipinski definition) is 0. The monoisotopic (exact) mass is 814 g/mol. The summed E-state index contributed by atoms with van der Waals surface area (Å²) in [6.07, 6.45) is 5.17. The summed E-state index contributed by atoms with van der Waals surface area (Å²) in [7, 11) is 0. The molecule has 0 aliphatic rings. The fourth-order valence-electron chi connectivity index (χ4n) is 3.13. The summed E-state index contributed by atoms with van der Waals surface area (Å²) < 4.78 is 25.8. The van der Waals surface area contributed by atoms with E-state index in [1.807, 2.05) is 36.8 Å². The zero-order chi connectivity index (χ0) is 28.4. The Labute approximate surface area is 265 Å². The molecule has 0 heterocycles. The van der Waals surface area contributed by atoms with Crippen LogP contribution in [0, 0.1) is 0 Å². The molecule has 2 aromatic rings. The molecule has 0 radical (unpaired) electrons. The van der Waals surface area contributed by atoms with Crippen LogP contribution in [0.2, 0.25) is 0 Å². The van der Waals surface area contributed by atoms with Crippen LogP contribution < -0.4 is 9.47 Å². The molecule has 2 aromatic carbocycles. The predicted octanol–water partition coefficient (Wildman–Crippen LogP) is 8.43. The van der Waals surface area contributed by atoms with E-state index in [1.54, 1.807) is 18.7 Å². The van der Waals surface area contributed by atoms with E-state index in [2.05, 4.69) is 76.9 Å². The van der Waals surface area contributed by atoms with Gasteiger partial charge in [-0.2, -0.15) is 11.8 Å². The first kappa shape index (κ1) is 33.3. The fourth-order valence-corrected chi connectivity index (χ4v) is 7.09. The van der Waals surface area contributed by atoms with Crippen molar-refractivity contribution in [2.24, 2.45) is 0 Å². The molecule has 0 aliphatic heterocycles. The Morgan fingerprint density at radius 2 is 1.34 bits per heavy atom. The number of halogens is 4. The van der Waals surface area contributed by atoms with Gasteiger partial charge in [-0.05, 0) is 119 Å². The molecule has 0 saturated carbocycles. The quantitative estimate of drug-likeness (QED) is 0.107. The second kappa shape index (κ2) is 16.4. The summed E-state index contributed by atoms with van der Waals surface area (Å²) in [6.45, 7) is 8.83. The average Bonchev–Trinajstić information content (AvgIpc) is 2.87. The molecule has 3 atom stereocenters. The lowest BCUT2D eigenvalue weighted by Crippen LogP contribution is -2.30. The maximum atomic E-state index is 11.6. The van der Waals surface area contributed by atoms with Gasteiger partial charge in [-0.3, -0.25) is 0 Å². The van der Waals surface area contributed by atoms with E-state index in [0.29, 0.717) is 17.3 Å². The number of rotatable bonds is 14. The number of carbonyl (C=O) groups excluding carboxylic acids is 2. The van der Waals surface area contributed by atoms with E-state index in [-0.39, 0.29) is 6.61 Å². The van der Waals surface area contributed by atoms with Gasteiger partial charge in [-0.1, -0.05) is 13.2 Å². The van der Waals surface area contributed by atoms with Gasteiger partial charge < -0.3 is 18.9 Å². The zero-order valence-corrected chi connectivity index (χ0v) is 28.8. The number of thioether (sulfide) groups is 2. The molecule has 0 N–H and O–H groups in total. The highest BCUT2D eigenvalue weighted by Gasteiger charge is 2.24. The van der Waals surface area contributed by atoms with Gasteiger partial charge in [0.25, 0.3) is 0 Å². The number of ether oxygens (including phenoxy) is 4. The van der Waals surface area contributed by atoms with Gasteiger partial charge in [-0.25, -0.2) is 9.59 Å². The summed E-state index contributed by atoms with van der Waals surface area (Å²) >= 11 is 17.4. The van der Waals surface area contributed by atoms with Crippen molar-refractivity contribution in [3.05, 3.63) is 67.5 Å². The van der Waals surface area contributed by atoms with Crippen LogP contribution in [0.4, 0.5) is 0 Å². The highest BCUT2D eigenvalue weighted by atomic mass is 79.9. The third-order valence-electron chi connectivity index (χ3n) is 4.86. The smallest absolute Gasteiger partial charge is 0.330 e. The molecule has 12 heteroatoms. The molecule has 0 aromatic heterocycles. The van der Waals surface area contributed by atoms with Crippen LogP contribution in [0.5, 0.6) is 11.5 Å². The average molecular weight is 818 g/mol. The van der Waals surface area contributed by atoms with Crippen molar-refractivity contribution >= 4 is 99.2 Å². The van der Waals surface area contributed by atoms with Crippen LogP contribution in [-0.4, -0.2) is 54.5 Å². The zero-order valence-electron chi connectivity index (χ0n) is 20.8. The van der Waals surface area contributed by atoms with Gasteiger partial charge in [0.2, 0.25) is 0 Å². The van der Waals surface area contributed by atoms with Gasteiger partial charge in [0.1, 0.15) is 30.3 Å². The Kier molecular flexibility index (Phi) is 14.3. The minimum absolute atomic E-state index is 0.192. The molecular formula is C26H26Br4O6S2. The number of hydrogen-bond acceptors (Lipinski definition) is 8. The maximum Gasteiger partial charge on any atom is 0.330 e. The van der Waals surface area contributed by atoms with E-state index >= 15 is 0 Å². The number of benzene rings is 2. The minimum Gasteiger partial charge on any atom is -0.487 e. The maximum absolute atomic E-state index is 11.6. The third kappa shape index (κ3) is 9.62. The number of esters is 2. The van der Waals surface area contributed by atoms with Crippen molar-refractivity contribution in [1.82, 2.24) is 0 Å². The lowest BCUT2D eigenvalue weighted by Gasteiger charge is -2.24. The summed E-state index contributed by atoms with van der Waals surface area (Å²) in [5.74, 6) is 0.784. The minimum atomic E-state index is -0.505. The molecule has 0 fully saturated rings. The Balaban J connectivity index is 2.25. The second-order valence-corrected chi connectivity index (χ2v) is 12.9. The van der Waals surface area contributed by atoms with Gasteiger partial charge in [0.15, 0.2) is 5.44 Å². The van der Waals surface area contributed by atoms with Crippen LogP contribution in [0.25, 0.3) is 11.1 Å². The lowest BCUT2D eigenvalue weighted by molar-refractivity contribution is -0.144. The topological polar surface area (TPSA) is 71.1 Å². The van der Waals surface area contributed by atoms with Crippen molar-refractivity contribution in [3.8, 4) is 22.6 Å². The van der Waals surface area contributed by atoms with E-state index < -0.39 is 29.6 Å². The van der Waals surface area contributed by atoms with Crippen molar-refractivity contribution < 1.29 is 28.5 Å². The Morgan fingerprint density at radius 1 is 0.868 bits per heavy atom. The standard InChI is InChI=1S/C26H26Br4O6S2/c1-6-22(31)34-14(3)26(38-5)36-25-20(29)10-16(11-21(25)30)15-8-18(27)24(19(28)9-15)33-12-17(13-37-4)35-23(32)7-2/h6-11,14,17,26H,1-2,12-13H2,3-5H3. The van der Waals surface area contributed by atoms with Crippen LogP contribution >= 0.6 is 87.2 Å². The van der Waals surface area contributed by atoms with Crippen molar-refractivity contribution in [2.45, 2.75) is 24.6 Å². The van der Waals surface area contributed by atoms with Crippen molar-refractivity contribution in [3.63, 3.8) is 0 Å². The van der Waals surface area contributed by atoms with Crippen LogP contribution in [0.1, 0.15) is 6.92 Å². The normalized spacial score (nSPS) is 13.1. The predicted molar refractivity (Wildman–Crippen MR) is 170 cm³/mol. The highest BCUT2D eigenvalue weighted by Crippen LogP contribution is 2.43. The molecule has 0 bridgehead atoms. The van der Waals surface area contributed by atoms with E-state index in [0.717, 1.165) is 41.2 Å². The molecule has 2 rings (SSSR count). The van der Waals surface area contributed by atoms with Gasteiger partial charge in [-0.15, -0.1) is 11.8 Å². The van der Waals surface area contributed by atoms with Crippen LogP contribution in [0.3, 0.4) is 0 Å². The van der Waals surface area contributed by atoms with Gasteiger partial charge in [0.05, 0.1) is 17.9 Å².